The third-order valence-corrected chi connectivity index (χ3v) is 4.02. The number of allylic oxidation sites excluding steroid dienone is 1. The molecule has 1 aliphatic rings. The van der Waals surface area contributed by atoms with Gasteiger partial charge in [0.25, 0.3) is 0 Å². The maximum absolute atomic E-state index is 6.34. The molecule has 1 aromatic heterocycles. The lowest BCUT2D eigenvalue weighted by molar-refractivity contribution is 0.780. The van der Waals surface area contributed by atoms with Crippen LogP contribution in [0.15, 0.2) is 64.9 Å². The molecule has 0 saturated heterocycles. The van der Waals surface area contributed by atoms with Crippen LogP contribution < -0.4 is 5.32 Å². The van der Waals surface area contributed by atoms with Crippen LogP contribution in [0.2, 0.25) is 5.02 Å². The van der Waals surface area contributed by atoms with Crippen molar-refractivity contribution in [2.75, 3.05) is 0 Å². The number of halogens is 1. The van der Waals surface area contributed by atoms with Crippen molar-refractivity contribution in [3.8, 4) is 0 Å². The largest absolute Gasteiger partial charge is 0.343 e. The number of hydrogen-bond donors (Lipinski definition) is 1. The van der Waals surface area contributed by atoms with Gasteiger partial charge in [0.2, 0.25) is 0 Å². The van der Waals surface area contributed by atoms with Crippen molar-refractivity contribution >= 4 is 17.4 Å². The van der Waals surface area contributed by atoms with E-state index < -0.39 is 0 Å². The van der Waals surface area contributed by atoms with E-state index in [1.165, 1.54) is 5.57 Å². The van der Waals surface area contributed by atoms with E-state index in [-0.39, 0.29) is 6.04 Å². The summed E-state index contributed by atoms with van der Waals surface area (Å²) in [5.41, 5.74) is 4.12. The molecule has 2 aromatic rings. The van der Waals surface area contributed by atoms with Gasteiger partial charge in [-0.3, -0.25) is 9.98 Å². The highest BCUT2D eigenvalue weighted by Gasteiger charge is 2.23. The average molecular weight is 298 g/mol. The van der Waals surface area contributed by atoms with Gasteiger partial charge in [-0.1, -0.05) is 35.9 Å². The second-order valence-corrected chi connectivity index (χ2v) is 5.46. The first-order chi connectivity index (χ1) is 10.2. The first kappa shape index (κ1) is 13.8. The van der Waals surface area contributed by atoms with E-state index in [1.807, 2.05) is 42.5 Å². The zero-order chi connectivity index (χ0) is 14.8. The zero-order valence-electron chi connectivity index (χ0n) is 12.0. The van der Waals surface area contributed by atoms with Crippen LogP contribution in [0.3, 0.4) is 0 Å². The molecule has 106 valence electrons. The Bertz CT molecular complexity index is 720. The molecular weight excluding hydrogens is 282 g/mol. The average Bonchev–Trinajstić information content (AvgIpc) is 2.51. The zero-order valence-corrected chi connectivity index (χ0v) is 12.7. The molecule has 0 fully saturated rings. The van der Waals surface area contributed by atoms with Crippen molar-refractivity contribution in [2.45, 2.75) is 19.9 Å². The van der Waals surface area contributed by atoms with Crippen molar-refractivity contribution in [3.05, 3.63) is 76.2 Å². The van der Waals surface area contributed by atoms with Crippen molar-refractivity contribution in [3.63, 3.8) is 0 Å². The second-order valence-electron chi connectivity index (χ2n) is 5.05. The van der Waals surface area contributed by atoms with Crippen LogP contribution in [0.4, 0.5) is 0 Å². The van der Waals surface area contributed by atoms with Crippen LogP contribution in [0.5, 0.6) is 0 Å². The molecule has 3 rings (SSSR count). The normalized spacial score (nSPS) is 18.2. The molecule has 0 bridgehead atoms. The first-order valence-electron chi connectivity index (χ1n) is 6.85. The summed E-state index contributed by atoms with van der Waals surface area (Å²) in [7, 11) is 0. The fourth-order valence-corrected chi connectivity index (χ4v) is 2.61. The first-order valence-corrected chi connectivity index (χ1v) is 7.22. The van der Waals surface area contributed by atoms with Gasteiger partial charge in [0, 0.05) is 16.9 Å². The van der Waals surface area contributed by atoms with Gasteiger partial charge in [-0.25, -0.2) is 0 Å². The molecule has 1 N–H and O–H groups in total. The second kappa shape index (κ2) is 5.70. The summed E-state index contributed by atoms with van der Waals surface area (Å²) in [5, 5.41) is 4.06. The minimum atomic E-state index is -0.0723. The van der Waals surface area contributed by atoms with E-state index in [0.717, 1.165) is 27.8 Å². The molecule has 3 nitrogen and oxygen atoms in total. The molecule has 0 saturated carbocycles. The Morgan fingerprint density at radius 1 is 1.05 bits per heavy atom. The molecule has 0 aliphatic carbocycles. The molecule has 0 amide bonds. The summed E-state index contributed by atoms with van der Waals surface area (Å²) in [4.78, 5) is 9.18. The van der Waals surface area contributed by atoms with Gasteiger partial charge < -0.3 is 5.32 Å². The molecule has 1 aliphatic heterocycles. The van der Waals surface area contributed by atoms with Crippen LogP contribution in [0.25, 0.3) is 0 Å². The van der Waals surface area contributed by atoms with E-state index in [4.69, 9.17) is 16.6 Å². The fraction of sp³-hybridized carbons (Fsp3) is 0.176. The number of rotatable bonds is 2. The van der Waals surface area contributed by atoms with Crippen LogP contribution >= 0.6 is 11.6 Å². The van der Waals surface area contributed by atoms with Crippen molar-refractivity contribution < 1.29 is 0 Å². The molecule has 21 heavy (non-hydrogen) atoms. The van der Waals surface area contributed by atoms with Gasteiger partial charge in [-0.2, -0.15) is 0 Å². The highest BCUT2D eigenvalue weighted by Crippen LogP contribution is 2.34. The Morgan fingerprint density at radius 2 is 1.81 bits per heavy atom. The molecule has 1 atom stereocenters. The van der Waals surface area contributed by atoms with Gasteiger partial charge >= 0.3 is 0 Å². The lowest BCUT2D eigenvalue weighted by Crippen LogP contribution is -2.30. The number of nitrogens with one attached hydrogen (secondary N) is 1. The van der Waals surface area contributed by atoms with Crippen LogP contribution in [-0.4, -0.2) is 10.8 Å². The van der Waals surface area contributed by atoms with E-state index in [1.54, 1.807) is 6.20 Å². The van der Waals surface area contributed by atoms with Crippen molar-refractivity contribution in [1.82, 2.24) is 10.3 Å². The van der Waals surface area contributed by atoms with Gasteiger partial charge in [-0.05, 0) is 43.2 Å². The third-order valence-electron chi connectivity index (χ3n) is 3.67. The van der Waals surface area contributed by atoms with Crippen LogP contribution in [0.1, 0.15) is 31.1 Å². The maximum Gasteiger partial charge on any atom is 0.152 e. The topological polar surface area (TPSA) is 37.3 Å². The minimum Gasteiger partial charge on any atom is -0.343 e. The van der Waals surface area contributed by atoms with Gasteiger partial charge in [0.1, 0.15) is 11.7 Å². The summed E-state index contributed by atoms with van der Waals surface area (Å²) >= 11 is 6.34. The quantitative estimate of drug-likeness (QED) is 0.905. The smallest absolute Gasteiger partial charge is 0.152 e. The van der Waals surface area contributed by atoms with Crippen molar-refractivity contribution in [1.29, 1.82) is 0 Å². The van der Waals surface area contributed by atoms with Crippen molar-refractivity contribution in [2.24, 2.45) is 4.99 Å². The standard InChI is InChI=1S/C17H16ClN3/c1-11-12(2)20-17(15-9-5-6-10-19-15)21-16(11)13-7-3-4-8-14(13)18/h3-10,16H,1-2H3,(H,20,21). The molecule has 4 heteroatoms. The number of benzene rings is 1. The Balaban J connectivity index is 2.07. The molecule has 0 spiro atoms. The van der Waals surface area contributed by atoms with E-state index in [9.17, 15) is 0 Å². The summed E-state index contributed by atoms with van der Waals surface area (Å²) in [6.45, 7) is 4.13. The SMILES string of the molecule is CC1=C(C)C(c2ccccc2Cl)N=C(c2ccccn2)N1. The number of pyridine rings is 1. The lowest BCUT2D eigenvalue weighted by Gasteiger charge is -2.25. The third kappa shape index (κ3) is 2.69. The summed E-state index contributed by atoms with van der Waals surface area (Å²) in [6.07, 6.45) is 1.77. The number of aliphatic imine (C=N–C) groups is 1. The number of amidine groups is 1. The van der Waals surface area contributed by atoms with E-state index in [0.29, 0.717) is 0 Å². The van der Waals surface area contributed by atoms with Gasteiger partial charge in [-0.15, -0.1) is 0 Å². The Morgan fingerprint density at radius 3 is 2.52 bits per heavy atom. The van der Waals surface area contributed by atoms with E-state index in [2.05, 4.69) is 24.1 Å². The van der Waals surface area contributed by atoms with Crippen LogP contribution in [0, 0.1) is 0 Å². The fourth-order valence-electron chi connectivity index (χ4n) is 2.37. The maximum atomic E-state index is 6.34. The Labute approximate surface area is 129 Å². The van der Waals surface area contributed by atoms with Gasteiger partial charge in [0.15, 0.2) is 5.84 Å². The van der Waals surface area contributed by atoms with Gasteiger partial charge in [0.05, 0.1) is 0 Å². The molecule has 2 heterocycles. The minimum absolute atomic E-state index is 0.0723. The number of aromatic nitrogens is 1. The number of nitrogens with zero attached hydrogens (tertiary/aromatic N) is 2. The summed E-state index contributed by atoms with van der Waals surface area (Å²) in [6, 6.07) is 13.6. The predicted octanol–water partition coefficient (Wildman–Crippen LogP) is 4.12. The van der Waals surface area contributed by atoms with Crippen LogP contribution in [-0.2, 0) is 0 Å². The predicted molar refractivity (Wildman–Crippen MR) is 86.5 cm³/mol. The van der Waals surface area contributed by atoms with E-state index >= 15 is 0 Å². The molecule has 1 aromatic carbocycles. The highest BCUT2D eigenvalue weighted by atomic mass is 35.5. The Kier molecular flexibility index (Phi) is 3.76. The number of hydrogen-bond acceptors (Lipinski definition) is 3. The Hall–Kier alpha value is -2.13. The molecule has 1 unspecified atom stereocenters. The lowest BCUT2D eigenvalue weighted by atomic mass is 9.97. The highest BCUT2D eigenvalue weighted by molar-refractivity contribution is 6.31. The molecule has 0 radical (unpaired) electrons. The summed E-state index contributed by atoms with van der Waals surface area (Å²) < 4.78 is 0. The molecular formula is C17H16ClN3. The monoisotopic (exact) mass is 297 g/mol. The summed E-state index contributed by atoms with van der Waals surface area (Å²) in [5.74, 6) is 0.781.